The van der Waals surface area contributed by atoms with E-state index in [4.69, 9.17) is 5.73 Å². The molecule has 0 aromatic rings. The molecule has 2 nitrogen and oxygen atoms in total. The molecule has 0 radical (unpaired) electrons. The van der Waals surface area contributed by atoms with E-state index < -0.39 is 0 Å². The van der Waals surface area contributed by atoms with Crippen molar-refractivity contribution in [1.29, 1.82) is 0 Å². The van der Waals surface area contributed by atoms with Gasteiger partial charge in [0.15, 0.2) is 0 Å². The maximum absolute atomic E-state index is 9.49. The van der Waals surface area contributed by atoms with Crippen molar-refractivity contribution in [3.05, 3.63) is 11.6 Å². The Morgan fingerprint density at radius 1 is 1.64 bits per heavy atom. The highest BCUT2D eigenvalue weighted by Gasteiger charge is 2.58. The fourth-order valence-corrected chi connectivity index (χ4v) is 4.02. The van der Waals surface area contributed by atoms with Crippen molar-refractivity contribution in [2.75, 3.05) is 6.61 Å². The zero-order valence-corrected chi connectivity index (χ0v) is 8.74. The average molecular weight is 193 g/mol. The van der Waals surface area contributed by atoms with Crippen LogP contribution in [0.25, 0.3) is 0 Å². The minimum atomic E-state index is 0.244. The molecule has 0 aromatic heterocycles. The van der Waals surface area contributed by atoms with Crippen LogP contribution in [0.5, 0.6) is 0 Å². The molecular weight excluding hydrogens is 174 g/mol. The van der Waals surface area contributed by atoms with E-state index in [0.717, 1.165) is 12.8 Å². The summed E-state index contributed by atoms with van der Waals surface area (Å²) in [4.78, 5) is 0. The van der Waals surface area contributed by atoms with E-state index in [9.17, 15) is 5.11 Å². The minimum Gasteiger partial charge on any atom is -0.396 e. The zero-order valence-electron chi connectivity index (χ0n) is 8.74. The summed E-state index contributed by atoms with van der Waals surface area (Å²) in [7, 11) is 0. The van der Waals surface area contributed by atoms with Crippen molar-refractivity contribution < 1.29 is 5.11 Å². The lowest BCUT2D eigenvalue weighted by Gasteiger charge is -2.47. The largest absolute Gasteiger partial charge is 0.396 e. The summed E-state index contributed by atoms with van der Waals surface area (Å²) in [5, 5.41) is 9.49. The summed E-state index contributed by atoms with van der Waals surface area (Å²) < 4.78 is 0. The summed E-state index contributed by atoms with van der Waals surface area (Å²) in [6, 6.07) is 0.323. The first-order valence-electron chi connectivity index (χ1n) is 5.73. The molecule has 78 valence electrons. The fraction of sp³-hybridized carbons (Fsp3) is 0.833. The Labute approximate surface area is 85.2 Å². The van der Waals surface area contributed by atoms with Gasteiger partial charge in [-0.25, -0.2) is 0 Å². The van der Waals surface area contributed by atoms with E-state index in [0.29, 0.717) is 30.4 Å². The lowest BCUT2D eigenvalue weighted by Crippen LogP contribution is -2.43. The van der Waals surface area contributed by atoms with Gasteiger partial charge in [-0.1, -0.05) is 18.6 Å². The van der Waals surface area contributed by atoms with Crippen molar-refractivity contribution in [2.45, 2.75) is 32.2 Å². The highest BCUT2D eigenvalue weighted by atomic mass is 16.3. The molecule has 3 aliphatic rings. The summed E-state index contributed by atoms with van der Waals surface area (Å²) in [5.74, 6) is 1.86. The standard InChI is InChI=1S/C12H19NO/c1-7-2-8-4-12(6-14)5-9(11(7)13)3-10(8)12/h2,7,9-11,14H,3-6,13H2,1H3. The Bertz CT molecular complexity index is 299. The SMILES string of the molecule is CC1C=C2CC3(CO)CC(CC23)C1N. The van der Waals surface area contributed by atoms with E-state index in [1.165, 1.54) is 6.42 Å². The smallest absolute Gasteiger partial charge is 0.0496 e. The summed E-state index contributed by atoms with van der Waals surface area (Å²) in [6.07, 6.45) is 5.92. The molecule has 0 spiro atoms. The molecule has 0 saturated heterocycles. The molecule has 5 atom stereocenters. The first-order valence-corrected chi connectivity index (χ1v) is 5.73. The predicted octanol–water partition coefficient (Wildman–Crippen LogP) is 1.30. The van der Waals surface area contributed by atoms with Gasteiger partial charge < -0.3 is 10.8 Å². The van der Waals surface area contributed by atoms with E-state index in [1.54, 1.807) is 5.57 Å². The molecule has 14 heavy (non-hydrogen) atoms. The Kier molecular flexibility index (Phi) is 1.67. The van der Waals surface area contributed by atoms with Gasteiger partial charge >= 0.3 is 0 Å². The van der Waals surface area contributed by atoms with Crippen molar-refractivity contribution in [1.82, 2.24) is 0 Å². The van der Waals surface area contributed by atoms with Gasteiger partial charge in [-0.15, -0.1) is 0 Å². The zero-order chi connectivity index (χ0) is 9.92. The molecule has 0 aromatic carbocycles. The van der Waals surface area contributed by atoms with Gasteiger partial charge in [0.05, 0.1) is 0 Å². The Balaban J connectivity index is 1.98. The molecule has 2 saturated carbocycles. The molecule has 3 N–H and O–H groups in total. The second kappa shape index (κ2) is 2.61. The van der Waals surface area contributed by atoms with Crippen molar-refractivity contribution in [3.8, 4) is 0 Å². The quantitative estimate of drug-likeness (QED) is 0.617. The number of aliphatic hydroxyl groups excluding tert-OH is 1. The monoisotopic (exact) mass is 193 g/mol. The topological polar surface area (TPSA) is 46.2 Å². The van der Waals surface area contributed by atoms with Crippen LogP contribution in [0.15, 0.2) is 11.6 Å². The van der Waals surface area contributed by atoms with Crippen LogP contribution in [0, 0.1) is 23.2 Å². The van der Waals surface area contributed by atoms with Crippen LogP contribution < -0.4 is 5.73 Å². The van der Waals surface area contributed by atoms with Crippen LogP contribution in [-0.4, -0.2) is 17.8 Å². The van der Waals surface area contributed by atoms with Crippen LogP contribution in [0.4, 0.5) is 0 Å². The third-order valence-electron chi connectivity index (χ3n) is 4.89. The third kappa shape index (κ3) is 0.887. The molecular formula is C12H19NO. The number of nitrogens with two attached hydrogens (primary N) is 1. The van der Waals surface area contributed by atoms with Gasteiger partial charge in [0.1, 0.15) is 0 Å². The first kappa shape index (κ1) is 8.93. The van der Waals surface area contributed by atoms with Crippen molar-refractivity contribution in [2.24, 2.45) is 28.9 Å². The number of fused-ring (bicyclic) bond motifs is 1. The maximum Gasteiger partial charge on any atom is 0.0496 e. The van der Waals surface area contributed by atoms with Crippen LogP contribution in [0.1, 0.15) is 26.2 Å². The van der Waals surface area contributed by atoms with Crippen LogP contribution in [0.2, 0.25) is 0 Å². The lowest BCUT2D eigenvalue weighted by molar-refractivity contribution is 0.0439. The first-order chi connectivity index (χ1) is 6.66. The van der Waals surface area contributed by atoms with Gasteiger partial charge in [-0.05, 0) is 37.0 Å². The molecule has 0 heterocycles. The number of rotatable bonds is 1. The lowest BCUT2D eigenvalue weighted by atomic mass is 9.58. The van der Waals surface area contributed by atoms with Gasteiger partial charge in [0, 0.05) is 18.1 Å². The van der Waals surface area contributed by atoms with E-state index in [1.807, 2.05) is 0 Å². The van der Waals surface area contributed by atoms with Crippen LogP contribution >= 0.6 is 0 Å². The fourth-order valence-electron chi connectivity index (χ4n) is 4.02. The van der Waals surface area contributed by atoms with E-state index >= 15 is 0 Å². The predicted molar refractivity (Wildman–Crippen MR) is 55.6 cm³/mol. The third-order valence-corrected chi connectivity index (χ3v) is 4.89. The van der Waals surface area contributed by atoms with E-state index in [2.05, 4.69) is 13.0 Å². The van der Waals surface area contributed by atoms with Gasteiger partial charge in [0.25, 0.3) is 0 Å². The number of allylic oxidation sites excluding steroid dienone is 1. The molecule has 3 rings (SSSR count). The molecule has 5 unspecified atom stereocenters. The highest BCUT2D eigenvalue weighted by Crippen LogP contribution is 2.64. The molecule has 0 amide bonds. The second-order valence-electron chi connectivity index (χ2n) is 5.63. The maximum atomic E-state index is 9.49. The Morgan fingerprint density at radius 2 is 2.43 bits per heavy atom. The Hall–Kier alpha value is -0.340. The number of hydrogen-bond donors (Lipinski definition) is 2. The minimum absolute atomic E-state index is 0.244. The van der Waals surface area contributed by atoms with E-state index in [-0.39, 0.29) is 5.41 Å². The second-order valence-corrected chi connectivity index (χ2v) is 5.63. The van der Waals surface area contributed by atoms with Crippen molar-refractivity contribution in [3.63, 3.8) is 0 Å². The normalized spacial score (nSPS) is 54.9. The Morgan fingerprint density at radius 3 is 3.14 bits per heavy atom. The number of aliphatic hydroxyl groups is 1. The van der Waals surface area contributed by atoms with Gasteiger partial charge in [-0.3, -0.25) is 0 Å². The summed E-state index contributed by atoms with van der Waals surface area (Å²) in [5.41, 5.74) is 8.06. The molecule has 0 aliphatic heterocycles. The number of hydrogen-bond acceptors (Lipinski definition) is 2. The van der Waals surface area contributed by atoms with Crippen LogP contribution in [0.3, 0.4) is 0 Å². The molecule has 3 aliphatic carbocycles. The average Bonchev–Trinajstić information content (AvgIpc) is 2.42. The highest BCUT2D eigenvalue weighted by molar-refractivity contribution is 5.31. The van der Waals surface area contributed by atoms with Crippen molar-refractivity contribution >= 4 is 0 Å². The van der Waals surface area contributed by atoms with Crippen LogP contribution in [-0.2, 0) is 0 Å². The summed E-state index contributed by atoms with van der Waals surface area (Å²) >= 11 is 0. The molecule has 2 bridgehead atoms. The van der Waals surface area contributed by atoms with Gasteiger partial charge in [0.2, 0.25) is 0 Å². The van der Waals surface area contributed by atoms with Gasteiger partial charge in [-0.2, -0.15) is 0 Å². The molecule has 2 heteroatoms. The molecule has 2 fully saturated rings. The summed E-state index contributed by atoms with van der Waals surface area (Å²) in [6.45, 7) is 2.60.